The predicted octanol–water partition coefficient (Wildman–Crippen LogP) is 6.94. The van der Waals surface area contributed by atoms with E-state index in [1.807, 2.05) is 25.1 Å². The lowest BCUT2D eigenvalue weighted by Crippen LogP contribution is -2.29. The molecule has 1 fully saturated rings. The van der Waals surface area contributed by atoms with Gasteiger partial charge in [0.2, 0.25) is 0 Å². The Kier molecular flexibility index (Phi) is 7.24. The molecule has 3 aromatic carbocycles. The van der Waals surface area contributed by atoms with Gasteiger partial charge in [-0.2, -0.15) is 0 Å². The molecule has 0 aliphatic carbocycles. The number of thiazole rings is 1. The number of aliphatic hydroxyl groups excluding tert-OH is 1. The molecule has 0 bridgehead atoms. The van der Waals surface area contributed by atoms with Crippen LogP contribution in [0.5, 0.6) is 5.75 Å². The highest BCUT2D eigenvalue weighted by Crippen LogP contribution is 2.45. The quantitative estimate of drug-likeness (QED) is 0.116. The van der Waals surface area contributed by atoms with E-state index in [-0.39, 0.29) is 16.5 Å². The number of ketones is 1. The molecule has 0 saturated carbocycles. The van der Waals surface area contributed by atoms with Crippen LogP contribution in [0.2, 0.25) is 0 Å². The second kappa shape index (κ2) is 10.8. The normalized spacial score (nSPS) is 16.9. The van der Waals surface area contributed by atoms with Crippen molar-refractivity contribution in [3.63, 3.8) is 0 Å². The Morgan fingerprint density at radius 2 is 1.87 bits per heavy atom. The summed E-state index contributed by atoms with van der Waals surface area (Å²) in [6.45, 7) is 4.59. The van der Waals surface area contributed by atoms with Gasteiger partial charge in [0.25, 0.3) is 5.78 Å². The van der Waals surface area contributed by atoms with Gasteiger partial charge in [-0.25, -0.2) is 9.37 Å². The van der Waals surface area contributed by atoms with Crippen LogP contribution in [0.3, 0.4) is 0 Å². The first-order valence-electron chi connectivity index (χ1n) is 12.5. The number of hydrogen-bond acceptors (Lipinski definition) is 6. The lowest BCUT2D eigenvalue weighted by atomic mass is 9.95. The van der Waals surface area contributed by atoms with E-state index in [4.69, 9.17) is 4.74 Å². The summed E-state index contributed by atoms with van der Waals surface area (Å²) in [7, 11) is 0. The zero-order valence-corrected chi connectivity index (χ0v) is 21.9. The molecule has 6 nitrogen and oxygen atoms in total. The Balaban J connectivity index is 1.64. The van der Waals surface area contributed by atoms with Gasteiger partial charge >= 0.3 is 5.91 Å². The number of carbonyl (C=O) groups excluding carboxylic acids is 2. The van der Waals surface area contributed by atoms with E-state index >= 15 is 0 Å². The minimum atomic E-state index is -0.944. The number of aryl methyl sites for hydroxylation is 1. The fourth-order valence-electron chi connectivity index (χ4n) is 4.52. The molecular formula is C30H27FN2O4S. The van der Waals surface area contributed by atoms with Crippen molar-refractivity contribution in [3.05, 3.63) is 94.8 Å². The Morgan fingerprint density at radius 3 is 2.63 bits per heavy atom. The van der Waals surface area contributed by atoms with Gasteiger partial charge in [-0.05, 0) is 49.2 Å². The number of halogens is 1. The number of aliphatic hydroxyl groups is 1. The fraction of sp³-hybridized carbons (Fsp3) is 0.233. The van der Waals surface area contributed by atoms with Gasteiger partial charge < -0.3 is 9.84 Å². The van der Waals surface area contributed by atoms with E-state index in [9.17, 15) is 19.1 Å². The largest absolute Gasteiger partial charge is 0.507 e. The van der Waals surface area contributed by atoms with E-state index in [1.165, 1.54) is 23.1 Å². The standard InChI is InChI=1S/C30H27FN2O4S/c1-3-4-5-15-37-22-8-6-7-20(16-22)26-25(27(34)19-11-9-18(2)10-12-19)28(35)29(36)33(26)30-32-23-14-13-21(31)17-24(23)38-30/h6-14,16-17,26,34H,3-5,15H2,1-2H3. The van der Waals surface area contributed by atoms with Crippen LogP contribution in [0.1, 0.15) is 48.9 Å². The number of carbonyl (C=O) groups is 2. The van der Waals surface area contributed by atoms with E-state index in [1.54, 1.807) is 30.3 Å². The number of rotatable bonds is 8. The molecule has 194 valence electrons. The van der Waals surface area contributed by atoms with Crippen LogP contribution < -0.4 is 9.64 Å². The number of anilines is 1. The molecule has 1 aliphatic rings. The summed E-state index contributed by atoms with van der Waals surface area (Å²) >= 11 is 1.11. The summed E-state index contributed by atoms with van der Waals surface area (Å²) in [5.41, 5.74) is 2.49. The highest BCUT2D eigenvalue weighted by Gasteiger charge is 2.48. The van der Waals surface area contributed by atoms with Crippen LogP contribution in [0.15, 0.2) is 72.3 Å². The molecule has 1 aliphatic heterocycles. The minimum Gasteiger partial charge on any atom is -0.507 e. The molecule has 8 heteroatoms. The van der Waals surface area contributed by atoms with E-state index in [0.29, 0.717) is 33.7 Å². The van der Waals surface area contributed by atoms with Gasteiger partial charge in [-0.3, -0.25) is 14.5 Å². The molecule has 1 unspecified atom stereocenters. The average molecular weight is 531 g/mol. The first-order valence-corrected chi connectivity index (χ1v) is 13.4. The van der Waals surface area contributed by atoms with Crippen LogP contribution in [0.4, 0.5) is 9.52 Å². The van der Waals surface area contributed by atoms with Gasteiger partial charge in [0, 0.05) is 5.56 Å². The van der Waals surface area contributed by atoms with Gasteiger partial charge in [-0.15, -0.1) is 0 Å². The summed E-state index contributed by atoms with van der Waals surface area (Å²) < 4.78 is 20.4. The van der Waals surface area contributed by atoms with Crippen molar-refractivity contribution < 1.29 is 23.8 Å². The van der Waals surface area contributed by atoms with Crippen LogP contribution in [0, 0.1) is 12.7 Å². The molecular weight excluding hydrogens is 503 g/mol. The Morgan fingerprint density at radius 1 is 1.08 bits per heavy atom. The van der Waals surface area contributed by atoms with Crippen molar-refractivity contribution in [2.75, 3.05) is 11.5 Å². The third-order valence-electron chi connectivity index (χ3n) is 6.51. The zero-order valence-electron chi connectivity index (χ0n) is 21.1. The van der Waals surface area contributed by atoms with E-state index in [2.05, 4.69) is 11.9 Å². The maximum atomic E-state index is 13.9. The number of nitrogens with zero attached hydrogens (tertiary/aromatic N) is 2. The highest BCUT2D eigenvalue weighted by molar-refractivity contribution is 7.22. The third kappa shape index (κ3) is 4.91. The summed E-state index contributed by atoms with van der Waals surface area (Å²) in [5, 5.41) is 11.6. The van der Waals surface area contributed by atoms with Crippen molar-refractivity contribution >= 4 is 44.1 Å². The molecule has 0 radical (unpaired) electrons. The zero-order chi connectivity index (χ0) is 26.8. The summed E-state index contributed by atoms with van der Waals surface area (Å²) in [4.78, 5) is 32.7. The predicted molar refractivity (Wildman–Crippen MR) is 147 cm³/mol. The molecule has 1 atom stereocenters. The van der Waals surface area contributed by atoms with Gasteiger partial charge in [0.15, 0.2) is 5.13 Å². The molecule has 5 rings (SSSR count). The number of amides is 1. The maximum Gasteiger partial charge on any atom is 0.301 e. The van der Waals surface area contributed by atoms with Gasteiger partial charge in [0.1, 0.15) is 17.3 Å². The molecule has 2 heterocycles. The number of unbranched alkanes of at least 4 members (excludes halogenated alkanes) is 2. The van der Waals surface area contributed by atoms with Crippen molar-refractivity contribution in [1.29, 1.82) is 0 Å². The van der Waals surface area contributed by atoms with Crippen molar-refractivity contribution in [3.8, 4) is 5.75 Å². The number of hydrogen-bond donors (Lipinski definition) is 1. The van der Waals surface area contributed by atoms with Crippen molar-refractivity contribution in [2.45, 2.75) is 39.2 Å². The topological polar surface area (TPSA) is 79.7 Å². The van der Waals surface area contributed by atoms with E-state index < -0.39 is 23.5 Å². The molecule has 0 spiro atoms. The third-order valence-corrected chi connectivity index (χ3v) is 7.52. The molecule has 4 aromatic rings. The van der Waals surface area contributed by atoms with Crippen LogP contribution >= 0.6 is 11.3 Å². The van der Waals surface area contributed by atoms with Gasteiger partial charge in [0.05, 0.1) is 28.4 Å². The van der Waals surface area contributed by atoms with Gasteiger partial charge in [-0.1, -0.05) is 73.1 Å². The van der Waals surface area contributed by atoms with Crippen molar-refractivity contribution in [2.24, 2.45) is 0 Å². The minimum absolute atomic E-state index is 0.0348. The second-order valence-electron chi connectivity index (χ2n) is 9.27. The second-order valence-corrected chi connectivity index (χ2v) is 10.3. The van der Waals surface area contributed by atoms with Crippen LogP contribution in [-0.2, 0) is 9.59 Å². The highest BCUT2D eigenvalue weighted by atomic mass is 32.1. The number of benzene rings is 3. The fourth-order valence-corrected chi connectivity index (χ4v) is 5.54. The maximum absolute atomic E-state index is 13.9. The SMILES string of the molecule is CCCCCOc1cccc(C2C(=C(O)c3ccc(C)cc3)C(=O)C(=O)N2c2nc3ccc(F)cc3s2)c1. The Bertz CT molecular complexity index is 1540. The summed E-state index contributed by atoms with van der Waals surface area (Å²) in [6, 6.07) is 17.5. The molecule has 1 N–H and O–H groups in total. The number of aromatic nitrogens is 1. The smallest absolute Gasteiger partial charge is 0.301 e. The molecule has 38 heavy (non-hydrogen) atoms. The summed E-state index contributed by atoms with van der Waals surface area (Å²) in [6.07, 6.45) is 3.03. The van der Waals surface area contributed by atoms with E-state index in [0.717, 1.165) is 36.2 Å². The number of fused-ring (bicyclic) bond motifs is 1. The summed E-state index contributed by atoms with van der Waals surface area (Å²) in [5.74, 6) is -1.70. The van der Waals surface area contributed by atoms with Crippen LogP contribution in [-0.4, -0.2) is 28.4 Å². The molecule has 1 saturated heterocycles. The van der Waals surface area contributed by atoms with Crippen LogP contribution in [0.25, 0.3) is 16.0 Å². The molecule has 1 amide bonds. The first-order chi connectivity index (χ1) is 18.4. The lowest BCUT2D eigenvalue weighted by Gasteiger charge is -2.23. The number of ether oxygens (including phenoxy) is 1. The average Bonchev–Trinajstić information content (AvgIpc) is 3.44. The lowest BCUT2D eigenvalue weighted by molar-refractivity contribution is -0.132. The van der Waals surface area contributed by atoms with Crippen molar-refractivity contribution in [1.82, 2.24) is 4.98 Å². The monoisotopic (exact) mass is 530 g/mol. The number of Topliss-reactive ketones (excluding diaryl/α,β-unsaturated/α-hetero) is 1. The Hall–Kier alpha value is -4.04. The first kappa shape index (κ1) is 25.6. The molecule has 1 aromatic heterocycles. The Labute approximate surface area is 224 Å².